The summed E-state index contributed by atoms with van der Waals surface area (Å²) in [6.07, 6.45) is 2.60. The number of nitrogens with one attached hydrogen (secondary N) is 1. The smallest absolute Gasteiger partial charge is 0.339 e. The van der Waals surface area contributed by atoms with Gasteiger partial charge in [0.1, 0.15) is 0 Å². The molecule has 1 aliphatic carbocycles. The molecule has 0 bridgehead atoms. The van der Waals surface area contributed by atoms with E-state index in [1.807, 2.05) is 24.3 Å². The van der Waals surface area contributed by atoms with Gasteiger partial charge in [-0.1, -0.05) is 59.9 Å². The van der Waals surface area contributed by atoms with E-state index in [-0.39, 0.29) is 20.8 Å². The molecule has 160 valence electrons. The van der Waals surface area contributed by atoms with Crippen LogP contribution in [0.3, 0.4) is 0 Å². The van der Waals surface area contributed by atoms with Gasteiger partial charge in [-0.15, -0.1) is 0 Å². The number of halogens is 3. The fourth-order valence-electron chi connectivity index (χ4n) is 3.80. The fourth-order valence-corrected chi connectivity index (χ4v) is 4.40. The molecule has 0 aliphatic heterocycles. The number of anilines is 1. The Hall–Kier alpha value is -2.34. The summed E-state index contributed by atoms with van der Waals surface area (Å²) in [7, 11) is 0. The van der Waals surface area contributed by atoms with Gasteiger partial charge in [-0.2, -0.15) is 0 Å². The van der Waals surface area contributed by atoms with Crippen LogP contribution in [0.15, 0.2) is 36.4 Å². The molecule has 4 rings (SSSR count). The summed E-state index contributed by atoms with van der Waals surface area (Å²) in [4.78, 5) is 30.2. The largest absolute Gasteiger partial charge is 0.452 e. The van der Waals surface area contributed by atoms with Gasteiger partial charge in [0.2, 0.25) is 0 Å². The molecule has 3 aromatic rings. The first kappa shape index (κ1) is 21.9. The van der Waals surface area contributed by atoms with Crippen LogP contribution in [-0.4, -0.2) is 23.5 Å². The summed E-state index contributed by atoms with van der Waals surface area (Å²) in [6, 6.07) is 10.4. The van der Waals surface area contributed by atoms with Gasteiger partial charge in [-0.3, -0.25) is 9.78 Å². The van der Waals surface area contributed by atoms with Crippen LogP contribution < -0.4 is 5.32 Å². The van der Waals surface area contributed by atoms with E-state index in [0.29, 0.717) is 11.5 Å². The molecule has 2 aromatic carbocycles. The van der Waals surface area contributed by atoms with Gasteiger partial charge >= 0.3 is 5.97 Å². The number of carbonyl (C=O) groups is 2. The van der Waals surface area contributed by atoms with E-state index >= 15 is 0 Å². The van der Waals surface area contributed by atoms with Gasteiger partial charge in [-0.05, 0) is 48.9 Å². The summed E-state index contributed by atoms with van der Waals surface area (Å²) in [5.74, 6) is -0.629. The standard InChI is InChI=1S/C23H19Cl3N2O3/c1-12-6-7-19-14(8-12)22(13-4-2-3-5-18(13)27-19)23(30)31-11-21(29)28-20-10-16(25)15(24)9-17(20)26/h2-5,9-10,12H,6-8,11H2,1H3,(H,28,29). The van der Waals surface area contributed by atoms with Crippen molar-refractivity contribution >= 4 is 63.3 Å². The predicted octanol–water partition coefficient (Wildman–Crippen LogP) is 6.12. The highest BCUT2D eigenvalue weighted by Gasteiger charge is 2.26. The van der Waals surface area contributed by atoms with Crippen LogP contribution in [0.4, 0.5) is 5.69 Å². The first-order chi connectivity index (χ1) is 14.8. The van der Waals surface area contributed by atoms with Crippen LogP contribution in [0.2, 0.25) is 15.1 Å². The van der Waals surface area contributed by atoms with E-state index in [4.69, 9.17) is 44.5 Å². The minimum atomic E-state index is -0.542. The number of hydrogen-bond donors (Lipinski definition) is 1. The Labute approximate surface area is 194 Å². The minimum absolute atomic E-state index is 0.234. The Kier molecular flexibility index (Phi) is 6.37. The van der Waals surface area contributed by atoms with E-state index < -0.39 is 18.5 Å². The van der Waals surface area contributed by atoms with E-state index in [0.717, 1.165) is 41.4 Å². The number of amides is 1. The quantitative estimate of drug-likeness (QED) is 0.363. The summed E-state index contributed by atoms with van der Waals surface area (Å²) in [5, 5.41) is 4.08. The number of carbonyl (C=O) groups excluding carboxylic acids is 2. The van der Waals surface area contributed by atoms with Crippen molar-refractivity contribution < 1.29 is 14.3 Å². The van der Waals surface area contributed by atoms with Crippen molar-refractivity contribution in [3.05, 3.63) is 68.3 Å². The second kappa shape index (κ2) is 9.03. The monoisotopic (exact) mass is 476 g/mol. The third kappa shape index (κ3) is 4.64. The number of hydrogen-bond acceptors (Lipinski definition) is 4. The van der Waals surface area contributed by atoms with E-state index in [9.17, 15) is 9.59 Å². The number of aryl methyl sites for hydroxylation is 1. The summed E-state index contributed by atoms with van der Waals surface area (Å²) < 4.78 is 5.38. The maximum atomic E-state index is 13.1. The Morgan fingerprint density at radius 1 is 1.13 bits per heavy atom. The van der Waals surface area contributed by atoms with Crippen molar-refractivity contribution in [1.29, 1.82) is 0 Å². The van der Waals surface area contributed by atoms with Crippen molar-refractivity contribution in [2.24, 2.45) is 5.92 Å². The van der Waals surface area contributed by atoms with Gasteiger partial charge in [-0.25, -0.2) is 4.79 Å². The lowest BCUT2D eigenvalue weighted by Gasteiger charge is -2.24. The zero-order valence-corrected chi connectivity index (χ0v) is 18.9. The van der Waals surface area contributed by atoms with Gasteiger partial charge in [0.05, 0.1) is 31.8 Å². The molecule has 0 fully saturated rings. The molecule has 1 unspecified atom stereocenters. The van der Waals surface area contributed by atoms with Gasteiger partial charge in [0, 0.05) is 11.1 Å². The molecule has 8 heteroatoms. The maximum Gasteiger partial charge on any atom is 0.339 e. The average Bonchev–Trinajstić information content (AvgIpc) is 2.74. The number of esters is 1. The molecule has 1 aromatic heterocycles. The van der Waals surface area contributed by atoms with E-state index in [2.05, 4.69) is 12.2 Å². The zero-order chi connectivity index (χ0) is 22.1. The maximum absolute atomic E-state index is 13.1. The molecule has 1 N–H and O–H groups in total. The van der Waals surface area contributed by atoms with Crippen molar-refractivity contribution in [3.8, 4) is 0 Å². The van der Waals surface area contributed by atoms with Crippen molar-refractivity contribution in [1.82, 2.24) is 4.98 Å². The molecule has 1 atom stereocenters. The fraction of sp³-hybridized carbons (Fsp3) is 0.261. The first-order valence-electron chi connectivity index (χ1n) is 9.85. The Balaban J connectivity index is 1.56. The molecule has 31 heavy (non-hydrogen) atoms. The lowest BCUT2D eigenvalue weighted by molar-refractivity contribution is -0.119. The molecular formula is C23H19Cl3N2O3. The zero-order valence-electron chi connectivity index (χ0n) is 16.7. The highest BCUT2D eigenvalue weighted by molar-refractivity contribution is 6.44. The topological polar surface area (TPSA) is 68.3 Å². The highest BCUT2D eigenvalue weighted by Crippen LogP contribution is 2.33. The number of para-hydroxylation sites is 1. The van der Waals surface area contributed by atoms with Crippen molar-refractivity contribution in [3.63, 3.8) is 0 Å². The van der Waals surface area contributed by atoms with Crippen LogP contribution in [0, 0.1) is 5.92 Å². The van der Waals surface area contributed by atoms with Crippen LogP contribution in [-0.2, 0) is 22.4 Å². The number of aromatic nitrogens is 1. The lowest BCUT2D eigenvalue weighted by atomic mass is 9.84. The Morgan fingerprint density at radius 2 is 1.87 bits per heavy atom. The lowest BCUT2D eigenvalue weighted by Crippen LogP contribution is -2.23. The number of fused-ring (bicyclic) bond motifs is 2. The number of pyridine rings is 1. The second-order valence-electron chi connectivity index (χ2n) is 7.65. The molecule has 5 nitrogen and oxygen atoms in total. The second-order valence-corrected chi connectivity index (χ2v) is 8.87. The molecule has 1 amide bonds. The number of ether oxygens (including phenoxy) is 1. The Morgan fingerprint density at radius 3 is 2.68 bits per heavy atom. The molecule has 0 radical (unpaired) electrons. The van der Waals surface area contributed by atoms with E-state index in [1.165, 1.54) is 12.1 Å². The average molecular weight is 478 g/mol. The molecule has 0 saturated carbocycles. The first-order valence-corrected chi connectivity index (χ1v) is 11.0. The SMILES string of the molecule is CC1CCc2nc3ccccc3c(C(=O)OCC(=O)Nc3cc(Cl)c(Cl)cc3Cl)c2C1. The number of nitrogens with zero attached hydrogens (tertiary/aromatic N) is 1. The highest BCUT2D eigenvalue weighted by atomic mass is 35.5. The summed E-state index contributed by atoms with van der Waals surface area (Å²) in [5.41, 5.74) is 3.37. The van der Waals surface area contributed by atoms with Crippen LogP contribution in [0.1, 0.15) is 35.0 Å². The molecule has 1 heterocycles. The molecule has 0 saturated heterocycles. The predicted molar refractivity (Wildman–Crippen MR) is 123 cm³/mol. The minimum Gasteiger partial charge on any atom is -0.452 e. The van der Waals surface area contributed by atoms with Crippen molar-refractivity contribution in [2.45, 2.75) is 26.2 Å². The van der Waals surface area contributed by atoms with Crippen molar-refractivity contribution in [2.75, 3.05) is 11.9 Å². The van der Waals surface area contributed by atoms with E-state index in [1.54, 1.807) is 0 Å². The summed E-state index contributed by atoms with van der Waals surface area (Å²) in [6.45, 7) is 1.69. The number of rotatable bonds is 4. The van der Waals surface area contributed by atoms with Gasteiger partial charge < -0.3 is 10.1 Å². The Bertz CT molecular complexity index is 1200. The normalized spacial score (nSPS) is 15.4. The molecule has 1 aliphatic rings. The van der Waals surface area contributed by atoms with Crippen LogP contribution in [0.25, 0.3) is 10.9 Å². The van der Waals surface area contributed by atoms with Crippen LogP contribution >= 0.6 is 34.8 Å². The third-order valence-electron chi connectivity index (χ3n) is 5.33. The third-order valence-corrected chi connectivity index (χ3v) is 6.36. The van der Waals surface area contributed by atoms with Gasteiger partial charge in [0.25, 0.3) is 5.91 Å². The summed E-state index contributed by atoms with van der Waals surface area (Å²) >= 11 is 18.0. The number of benzene rings is 2. The molecule has 0 spiro atoms. The van der Waals surface area contributed by atoms with Crippen LogP contribution in [0.5, 0.6) is 0 Å². The van der Waals surface area contributed by atoms with Gasteiger partial charge in [0.15, 0.2) is 6.61 Å². The molecular weight excluding hydrogens is 459 g/mol.